The monoisotopic (exact) mass is 291 g/mol. The van der Waals surface area contributed by atoms with E-state index in [4.69, 9.17) is 11.5 Å². The van der Waals surface area contributed by atoms with Gasteiger partial charge >= 0.3 is 5.97 Å². The van der Waals surface area contributed by atoms with Gasteiger partial charge in [0, 0.05) is 24.4 Å². The molecule has 106 valence electrons. The summed E-state index contributed by atoms with van der Waals surface area (Å²) in [7, 11) is 2.04. The van der Waals surface area contributed by atoms with Crippen LogP contribution >= 0.6 is 11.3 Å². The summed E-state index contributed by atoms with van der Waals surface area (Å²) in [5, 5.41) is 10.2. The van der Waals surface area contributed by atoms with E-state index in [1.165, 1.54) is 11.1 Å². The van der Waals surface area contributed by atoms with Gasteiger partial charge in [-0.15, -0.1) is 17.8 Å². The number of thiazole rings is 1. The van der Waals surface area contributed by atoms with Crippen LogP contribution in [0.4, 0.5) is 0 Å². The zero-order chi connectivity index (χ0) is 15.5. The number of aromatic carboxylic acids is 1. The van der Waals surface area contributed by atoms with E-state index >= 15 is 0 Å². The van der Waals surface area contributed by atoms with Crippen molar-refractivity contribution in [1.29, 1.82) is 0 Å². The number of carboxylic acids is 1. The lowest BCUT2D eigenvalue weighted by molar-refractivity contribution is -0.677. The summed E-state index contributed by atoms with van der Waals surface area (Å²) in [6, 6.07) is 6.14. The molecule has 5 heteroatoms. The minimum atomic E-state index is -1.04. The van der Waals surface area contributed by atoms with Crippen LogP contribution in [0.15, 0.2) is 29.8 Å². The highest BCUT2D eigenvalue weighted by atomic mass is 32.1. The van der Waals surface area contributed by atoms with Gasteiger partial charge in [0.25, 0.3) is 0 Å². The molecule has 0 saturated heterocycles. The van der Waals surface area contributed by atoms with Crippen molar-refractivity contribution in [3.8, 4) is 12.3 Å². The molecule has 0 amide bonds. The highest BCUT2D eigenvalue weighted by Gasteiger charge is 2.05. The normalized spacial score (nSPS) is 8.35. The van der Waals surface area contributed by atoms with Crippen LogP contribution in [0.25, 0.3) is 0 Å². The van der Waals surface area contributed by atoms with Crippen molar-refractivity contribution < 1.29 is 14.5 Å². The lowest BCUT2D eigenvalue weighted by atomic mass is 10.4. The summed E-state index contributed by atoms with van der Waals surface area (Å²) in [6.07, 6.45) is 7.01. The van der Waals surface area contributed by atoms with E-state index in [0.29, 0.717) is 5.01 Å². The highest BCUT2D eigenvalue weighted by molar-refractivity contribution is 7.10. The molecule has 0 radical (unpaired) electrons. The summed E-state index contributed by atoms with van der Waals surface area (Å²) in [5.74, 6) is 1.20. The van der Waals surface area contributed by atoms with Gasteiger partial charge in [0.15, 0.2) is 22.6 Å². The van der Waals surface area contributed by atoms with Crippen molar-refractivity contribution in [2.45, 2.75) is 20.8 Å². The summed E-state index contributed by atoms with van der Waals surface area (Å²) >= 11 is 1.15. The number of carboxylic acid groups (broad SMARTS) is 1. The fourth-order valence-corrected chi connectivity index (χ4v) is 1.64. The van der Waals surface area contributed by atoms with Crippen molar-refractivity contribution >= 4 is 17.3 Å². The molecule has 0 fully saturated rings. The molecule has 0 aliphatic rings. The lowest BCUT2D eigenvalue weighted by Crippen LogP contribution is -2.30. The van der Waals surface area contributed by atoms with Crippen LogP contribution in [-0.2, 0) is 7.05 Å². The van der Waals surface area contributed by atoms with Crippen LogP contribution < -0.4 is 4.57 Å². The van der Waals surface area contributed by atoms with Gasteiger partial charge in [-0.25, -0.2) is 14.3 Å². The Hall–Kier alpha value is -2.19. The first kappa shape index (κ1) is 17.8. The molecule has 0 aromatic carbocycles. The van der Waals surface area contributed by atoms with Crippen molar-refractivity contribution in [1.82, 2.24) is 4.98 Å². The molecule has 20 heavy (non-hydrogen) atoms. The number of carbonyl (C=O) groups is 1. The van der Waals surface area contributed by atoms with Crippen LogP contribution in [0, 0.1) is 19.3 Å². The Morgan fingerprint density at radius 1 is 1.45 bits per heavy atom. The van der Waals surface area contributed by atoms with Gasteiger partial charge in [-0.05, 0) is 5.92 Å². The van der Waals surface area contributed by atoms with Crippen molar-refractivity contribution in [3.63, 3.8) is 0 Å². The third-order valence-corrected chi connectivity index (χ3v) is 2.93. The van der Waals surface area contributed by atoms with Gasteiger partial charge in [0.2, 0.25) is 0 Å². The molecule has 0 aliphatic heterocycles. The van der Waals surface area contributed by atoms with Crippen LogP contribution in [0.5, 0.6) is 0 Å². The fraction of sp³-hybridized carbons (Fsp3) is 0.267. The number of nitrogens with zero attached hydrogens (tertiary/aromatic N) is 2. The summed E-state index contributed by atoms with van der Waals surface area (Å²) < 4.78 is 2.08. The molecule has 2 rings (SSSR count). The van der Waals surface area contributed by atoms with Gasteiger partial charge in [0.05, 0.1) is 0 Å². The van der Waals surface area contributed by atoms with Crippen LogP contribution in [0.1, 0.15) is 35.0 Å². The predicted octanol–water partition coefficient (Wildman–Crippen LogP) is 2.67. The van der Waals surface area contributed by atoms with Crippen molar-refractivity contribution in [3.05, 3.63) is 46.2 Å². The number of hydrogen-bond acceptors (Lipinski definition) is 3. The summed E-state index contributed by atoms with van der Waals surface area (Å²) in [6.45, 7) is 6.08. The molecule has 2 aromatic heterocycles. The largest absolute Gasteiger partial charge is 0.476 e. The quantitative estimate of drug-likeness (QED) is 0.649. The molecule has 0 bridgehead atoms. The van der Waals surface area contributed by atoms with Crippen molar-refractivity contribution in [2.24, 2.45) is 7.05 Å². The first-order chi connectivity index (χ1) is 9.54. The Bertz CT molecular complexity index is 565. The zero-order valence-corrected chi connectivity index (χ0v) is 12.9. The van der Waals surface area contributed by atoms with Gasteiger partial charge in [-0.1, -0.05) is 19.9 Å². The lowest BCUT2D eigenvalue weighted by Gasteiger charge is -1.87. The second-order valence-electron chi connectivity index (χ2n) is 3.44. The average Bonchev–Trinajstić information content (AvgIpc) is 2.94. The van der Waals surface area contributed by atoms with Gasteiger partial charge in [-0.2, -0.15) is 0 Å². The van der Waals surface area contributed by atoms with Gasteiger partial charge < -0.3 is 5.11 Å². The Morgan fingerprint density at radius 3 is 2.40 bits per heavy atom. The summed E-state index contributed by atoms with van der Waals surface area (Å²) in [4.78, 5) is 13.8. The molecule has 4 nitrogen and oxygen atoms in total. The molecule has 2 heterocycles. The highest BCUT2D eigenvalue weighted by Crippen LogP contribution is 2.07. The maximum absolute atomic E-state index is 10.2. The molecular formula is C15H19N2O2S+. The maximum atomic E-state index is 10.2. The standard InChI is InChI=1S/C7H10N.C6H3NO2S.C2H6/c1-7-5-3-4-6-8(7)2;1-2-5-7-4(3-10-5)6(8)9;1-2/h3-6H,1-2H3;1,3H,(H,8,9);1-2H3/q+1;;. The number of pyridine rings is 1. The number of aryl methyl sites for hydroxylation is 2. The topological polar surface area (TPSA) is 54.1 Å². The maximum Gasteiger partial charge on any atom is 0.355 e. The second-order valence-corrected chi connectivity index (χ2v) is 4.30. The minimum absolute atomic E-state index is 0.0120. The number of terminal acetylenes is 1. The average molecular weight is 291 g/mol. The first-order valence-electron chi connectivity index (χ1n) is 6.11. The Kier molecular flexibility index (Phi) is 8.64. The Labute approximate surface area is 123 Å². The van der Waals surface area contributed by atoms with E-state index in [2.05, 4.69) is 28.5 Å². The van der Waals surface area contributed by atoms with Gasteiger partial charge in [-0.3, -0.25) is 0 Å². The zero-order valence-electron chi connectivity index (χ0n) is 12.1. The van der Waals surface area contributed by atoms with E-state index in [0.717, 1.165) is 11.3 Å². The third kappa shape index (κ3) is 6.12. The molecule has 0 unspecified atom stereocenters. The molecule has 0 spiro atoms. The number of hydrogen-bond donors (Lipinski definition) is 1. The number of rotatable bonds is 1. The molecule has 0 atom stereocenters. The van der Waals surface area contributed by atoms with E-state index in [1.807, 2.05) is 39.2 Å². The van der Waals surface area contributed by atoms with Crippen LogP contribution in [0.3, 0.4) is 0 Å². The third-order valence-electron chi connectivity index (χ3n) is 2.16. The second kappa shape index (κ2) is 9.70. The fourth-order valence-electron chi connectivity index (χ4n) is 1.05. The first-order valence-corrected chi connectivity index (χ1v) is 6.99. The van der Waals surface area contributed by atoms with E-state index < -0.39 is 5.97 Å². The molecule has 2 aromatic rings. The predicted molar refractivity (Wildman–Crippen MR) is 80.7 cm³/mol. The molecule has 0 aliphatic carbocycles. The van der Waals surface area contributed by atoms with Crippen LogP contribution in [0.2, 0.25) is 0 Å². The molecule has 0 saturated carbocycles. The SMILES string of the molecule is C#Cc1nc(C(=O)O)cs1.CC.Cc1cccc[n+]1C. The molecule has 1 N–H and O–H groups in total. The minimum Gasteiger partial charge on any atom is -0.476 e. The van der Waals surface area contributed by atoms with Crippen LogP contribution in [-0.4, -0.2) is 16.1 Å². The van der Waals surface area contributed by atoms with Crippen molar-refractivity contribution in [2.75, 3.05) is 0 Å². The smallest absolute Gasteiger partial charge is 0.355 e. The summed E-state index contributed by atoms with van der Waals surface area (Å²) in [5.41, 5.74) is 1.30. The van der Waals surface area contributed by atoms with Gasteiger partial charge in [0.1, 0.15) is 7.05 Å². The Balaban J connectivity index is 0.000000327. The van der Waals surface area contributed by atoms with E-state index in [-0.39, 0.29) is 5.69 Å². The van der Waals surface area contributed by atoms with E-state index in [9.17, 15) is 4.79 Å². The Morgan fingerprint density at radius 2 is 2.10 bits per heavy atom. The van der Waals surface area contributed by atoms with E-state index in [1.54, 1.807) is 0 Å². The number of aromatic nitrogens is 2. The molecular weight excluding hydrogens is 272 g/mol.